The maximum atomic E-state index is 13.2. The standard InChI is InChI=1S/C23H30FN3O7/c1-3-14(2)8-20(29)25-11-21(30)27-12-18(34-17-6-4-15(24)5-7-17)10-19(27)23(33)26-16(13-28)9-22(31)32/h4-7,13-14,16,18-19H,3,8-12H2,1-2H3,(H,25,29)(H,26,33)(H,31,32)/t14-,16-,18-,19-/m0/s1. The van der Waals surface area contributed by atoms with Crippen molar-refractivity contribution in [3.63, 3.8) is 0 Å². The molecule has 186 valence electrons. The number of benzene rings is 1. The van der Waals surface area contributed by atoms with Crippen molar-refractivity contribution in [3.8, 4) is 5.75 Å². The molecule has 1 heterocycles. The minimum absolute atomic E-state index is 0.0141. The van der Waals surface area contributed by atoms with Gasteiger partial charge in [0, 0.05) is 12.8 Å². The zero-order valence-corrected chi connectivity index (χ0v) is 19.2. The first-order valence-corrected chi connectivity index (χ1v) is 11.1. The molecule has 0 saturated carbocycles. The second-order valence-electron chi connectivity index (χ2n) is 8.33. The van der Waals surface area contributed by atoms with Crippen LogP contribution in [0.3, 0.4) is 0 Å². The molecule has 0 aliphatic carbocycles. The van der Waals surface area contributed by atoms with Gasteiger partial charge in [0.2, 0.25) is 17.7 Å². The van der Waals surface area contributed by atoms with Crippen LogP contribution in [0.2, 0.25) is 0 Å². The molecule has 4 atom stereocenters. The van der Waals surface area contributed by atoms with Gasteiger partial charge < -0.3 is 30.2 Å². The lowest BCUT2D eigenvalue weighted by Gasteiger charge is -2.25. The van der Waals surface area contributed by atoms with Crippen LogP contribution in [0.5, 0.6) is 5.75 Å². The van der Waals surface area contributed by atoms with Crippen LogP contribution in [0, 0.1) is 11.7 Å². The molecule has 10 nitrogen and oxygen atoms in total. The van der Waals surface area contributed by atoms with E-state index in [0.717, 1.165) is 6.42 Å². The van der Waals surface area contributed by atoms with Crippen LogP contribution < -0.4 is 15.4 Å². The highest BCUT2D eigenvalue weighted by Crippen LogP contribution is 2.24. The summed E-state index contributed by atoms with van der Waals surface area (Å²) in [5, 5.41) is 13.8. The van der Waals surface area contributed by atoms with Crippen LogP contribution in [0.1, 0.15) is 39.5 Å². The number of carboxylic acid groups (broad SMARTS) is 1. The van der Waals surface area contributed by atoms with Crippen LogP contribution in [0.4, 0.5) is 4.39 Å². The molecule has 0 bridgehead atoms. The predicted molar refractivity (Wildman–Crippen MR) is 118 cm³/mol. The van der Waals surface area contributed by atoms with Gasteiger partial charge in [-0.15, -0.1) is 0 Å². The van der Waals surface area contributed by atoms with E-state index in [9.17, 15) is 28.4 Å². The number of amides is 3. The summed E-state index contributed by atoms with van der Waals surface area (Å²) in [4.78, 5) is 61.0. The molecule has 0 spiro atoms. The van der Waals surface area contributed by atoms with Gasteiger partial charge in [-0.25, -0.2) is 4.39 Å². The van der Waals surface area contributed by atoms with Gasteiger partial charge in [-0.1, -0.05) is 20.3 Å². The monoisotopic (exact) mass is 479 g/mol. The molecule has 0 radical (unpaired) electrons. The normalized spacial score (nSPS) is 19.1. The van der Waals surface area contributed by atoms with Crippen molar-refractivity contribution in [2.45, 2.75) is 57.7 Å². The first-order valence-electron chi connectivity index (χ1n) is 11.1. The fourth-order valence-corrected chi connectivity index (χ4v) is 3.52. The molecule has 1 fully saturated rings. The number of hydrogen-bond donors (Lipinski definition) is 3. The molecule has 3 amide bonds. The molecule has 1 aliphatic heterocycles. The summed E-state index contributed by atoms with van der Waals surface area (Å²) in [7, 11) is 0. The van der Waals surface area contributed by atoms with E-state index >= 15 is 0 Å². The summed E-state index contributed by atoms with van der Waals surface area (Å²) < 4.78 is 19.0. The lowest BCUT2D eigenvalue weighted by Crippen LogP contribution is -2.51. The topological polar surface area (TPSA) is 142 Å². The summed E-state index contributed by atoms with van der Waals surface area (Å²) in [6.45, 7) is 3.56. The van der Waals surface area contributed by atoms with Crippen LogP contribution >= 0.6 is 0 Å². The number of aldehydes is 1. The Hall–Kier alpha value is -3.50. The average Bonchev–Trinajstić information content (AvgIpc) is 3.22. The first kappa shape index (κ1) is 26.7. The zero-order chi connectivity index (χ0) is 25.3. The highest BCUT2D eigenvalue weighted by atomic mass is 19.1. The minimum atomic E-state index is -1.27. The summed E-state index contributed by atoms with van der Waals surface area (Å²) in [5.74, 6) is -2.73. The maximum absolute atomic E-state index is 13.2. The van der Waals surface area contributed by atoms with Crippen molar-refractivity contribution in [1.29, 1.82) is 0 Å². The van der Waals surface area contributed by atoms with Gasteiger partial charge in [-0.2, -0.15) is 0 Å². The summed E-state index contributed by atoms with van der Waals surface area (Å²) in [5.41, 5.74) is 0. The molecule has 0 unspecified atom stereocenters. The van der Waals surface area contributed by atoms with E-state index in [0.29, 0.717) is 12.0 Å². The Labute approximate surface area is 196 Å². The van der Waals surface area contributed by atoms with Crippen LogP contribution in [-0.4, -0.2) is 71.3 Å². The fraction of sp³-hybridized carbons (Fsp3) is 0.522. The fourth-order valence-electron chi connectivity index (χ4n) is 3.52. The number of hydrogen-bond acceptors (Lipinski definition) is 6. The summed E-state index contributed by atoms with van der Waals surface area (Å²) in [6.07, 6.45) is 0.238. The van der Waals surface area contributed by atoms with Crippen LogP contribution in [-0.2, 0) is 24.0 Å². The van der Waals surface area contributed by atoms with E-state index < -0.39 is 48.2 Å². The Kier molecular flexibility index (Phi) is 9.96. The lowest BCUT2D eigenvalue weighted by molar-refractivity contribution is -0.141. The largest absolute Gasteiger partial charge is 0.488 e. The summed E-state index contributed by atoms with van der Waals surface area (Å²) >= 11 is 0. The van der Waals surface area contributed by atoms with Crippen molar-refractivity contribution in [3.05, 3.63) is 30.1 Å². The van der Waals surface area contributed by atoms with Gasteiger partial charge in [0.1, 0.15) is 30.0 Å². The van der Waals surface area contributed by atoms with Crippen molar-refractivity contribution in [2.24, 2.45) is 5.92 Å². The Morgan fingerprint density at radius 1 is 1.24 bits per heavy atom. The minimum Gasteiger partial charge on any atom is -0.488 e. The molecule has 34 heavy (non-hydrogen) atoms. The smallest absolute Gasteiger partial charge is 0.305 e. The molecule has 1 aliphatic rings. The van der Waals surface area contributed by atoms with E-state index in [4.69, 9.17) is 9.84 Å². The van der Waals surface area contributed by atoms with E-state index in [1.54, 1.807) is 0 Å². The molecule has 1 saturated heterocycles. The van der Waals surface area contributed by atoms with Gasteiger partial charge in [0.05, 0.1) is 25.6 Å². The number of ether oxygens (including phenoxy) is 1. The van der Waals surface area contributed by atoms with Crippen molar-refractivity contribution >= 4 is 30.0 Å². The lowest BCUT2D eigenvalue weighted by atomic mass is 10.1. The molecule has 2 rings (SSSR count). The Morgan fingerprint density at radius 3 is 2.50 bits per heavy atom. The van der Waals surface area contributed by atoms with Crippen LogP contribution in [0.15, 0.2) is 24.3 Å². The quantitative estimate of drug-likeness (QED) is 0.378. The van der Waals surface area contributed by atoms with E-state index in [-0.39, 0.29) is 37.8 Å². The number of halogens is 1. The third-order valence-corrected chi connectivity index (χ3v) is 5.56. The Morgan fingerprint density at radius 2 is 1.91 bits per heavy atom. The molecule has 11 heteroatoms. The van der Waals surface area contributed by atoms with Gasteiger partial charge >= 0.3 is 5.97 Å². The highest BCUT2D eigenvalue weighted by Gasteiger charge is 2.41. The SMILES string of the molecule is CC[C@H](C)CC(=O)NCC(=O)N1C[C@@H](Oc2ccc(F)cc2)C[C@H]1C(=O)N[C@H](C=O)CC(=O)O. The van der Waals surface area contributed by atoms with Gasteiger partial charge in [0.15, 0.2) is 0 Å². The number of carbonyl (C=O) groups is 5. The van der Waals surface area contributed by atoms with Crippen molar-refractivity contribution in [1.82, 2.24) is 15.5 Å². The van der Waals surface area contributed by atoms with E-state index in [2.05, 4.69) is 10.6 Å². The van der Waals surface area contributed by atoms with E-state index in [1.165, 1.54) is 29.2 Å². The summed E-state index contributed by atoms with van der Waals surface area (Å²) in [6, 6.07) is 2.96. The third-order valence-electron chi connectivity index (χ3n) is 5.56. The van der Waals surface area contributed by atoms with Crippen molar-refractivity contribution < 1.29 is 38.2 Å². The second-order valence-corrected chi connectivity index (χ2v) is 8.33. The number of carboxylic acids is 1. The molecule has 0 aromatic heterocycles. The Balaban J connectivity index is 2.10. The molecule has 3 N–H and O–H groups in total. The zero-order valence-electron chi connectivity index (χ0n) is 19.2. The number of aliphatic carboxylic acids is 1. The van der Waals surface area contributed by atoms with Gasteiger partial charge in [0.25, 0.3) is 0 Å². The average molecular weight is 480 g/mol. The van der Waals surface area contributed by atoms with E-state index in [1.807, 2.05) is 13.8 Å². The number of carbonyl (C=O) groups excluding carboxylic acids is 4. The van der Waals surface area contributed by atoms with Crippen molar-refractivity contribution in [2.75, 3.05) is 13.1 Å². The number of nitrogens with zero attached hydrogens (tertiary/aromatic N) is 1. The van der Waals surface area contributed by atoms with Gasteiger partial charge in [-0.3, -0.25) is 19.2 Å². The Bertz CT molecular complexity index is 893. The number of rotatable bonds is 12. The molecule has 1 aromatic rings. The molecular weight excluding hydrogens is 449 g/mol. The number of nitrogens with one attached hydrogen (secondary N) is 2. The molecule has 1 aromatic carbocycles. The van der Waals surface area contributed by atoms with Gasteiger partial charge in [-0.05, 0) is 30.2 Å². The third kappa shape index (κ3) is 8.13. The number of likely N-dealkylation sites (tertiary alicyclic amines) is 1. The maximum Gasteiger partial charge on any atom is 0.305 e. The molecular formula is C23H30FN3O7. The first-order chi connectivity index (χ1) is 16.1. The highest BCUT2D eigenvalue weighted by molar-refractivity contribution is 5.92. The van der Waals surface area contributed by atoms with Crippen LogP contribution in [0.25, 0.3) is 0 Å². The predicted octanol–water partition coefficient (Wildman–Crippen LogP) is 0.885. The second kappa shape index (κ2) is 12.7.